The van der Waals surface area contributed by atoms with Crippen molar-refractivity contribution in [2.75, 3.05) is 29.5 Å². The van der Waals surface area contributed by atoms with Crippen molar-refractivity contribution >= 4 is 33.1 Å². The van der Waals surface area contributed by atoms with Gasteiger partial charge < -0.3 is 10.1 Å². The zero-order valence-electron chi connectivity index (χ0n) is 14.5. The van der Waals surface area contributed by atoms with E-state index in [1.165, 1.54) is 13.0 Å². The van der Waals surface area contributed by atoms with Gasteiger partial charge in [-0.2, -0.15) is 0 Å². The zero-order valence-corrected chi connectivity index (χ0v) is 15.3. The van der Waals surface area contributed by atoms with Gasteiger partial charge in [0.2, 0.25) is 5.91 Å². The highest BCUT2D eigenvalue weighted by Gasteiger charge is 2.34. The zero-order chi connectivity index (χ0) is 19.8. The Morgan fingerprint density at radius 2 is 2.07 bits per heavy atom. The molecular weight excluding hydrogens is 382 g/mol. The Balaban J connectivity index is 1.82. The van der Waals surface area contributed by atoms with Crippen molar-refractivity contribution in [3.05, 3.63) is 35.4 Å². The lowest BCUT2D eigenvalue weighted by molar-refractivity contribution is -0.119. The molecular formula is C17H18F2N2O5S. The molecule has 0 bridgehead atoms. The maximum atomic E-state index is 14.6. The molecule has 3 rings (SSSR count). The molecule has 2 aliphatic heterocycles. The summed E-state index contributed by atoms with van der Waals surface area (Å²) in [6, 6.07) is 1.86. The van der Waals surface area contributed by atoms with Crippen LogP contribution in [0.3, 0.4) is 0 Å². The van der Waals surface area contributed by atoms with Crippen LogP contribution in [0.2, 0.25) is 0 Å². The maximum Gasteiger partial charge on any atom is 0.414 e. The van der Waals surface area contributed by atoms with Gasteiger partial charge in [-0.1, -0.05) is 6.08 Å². The molecule has 1 saturated heterocycles. The highest BCUT2D eigenvalue weighted by atomic mass is 32.2. The van der Waals surface area contributed by atoms with Crippen molar-refractivity contribution in [3.63, 3.8) is 0 Å². The second-order valence-electron chi connectivity index (χ2n) is 6.43. The third-order valence-corrected chi connectivity index (χ3v) is 5.89. The summed E-state index contributed by atoms with van der Waals surface area (Å²) in [4.78, 5) is 23.9. The second kappa shape index (κ2) is 7.26. The van der Waals surface area contributed by atoms with Gasteiger partial charge in [0, 0.05) is 18.6 Å². The van der Waals surface area contributed by atoms with E-state index < -0.39 is 33.7 Å². The monoisotopic (exact) mass is 400 g/mol. The topological polar surface area (TPSA) is 92.8 Å². The lowest BCUT2D eigenvalue weighted by Crippen LogP contribution is -2.33. The van der Waals surface area contributed by atoms with Crippen LogP contribution in [0, 0.1) is 11.6 Å². The van der Waals surface area contributed by atoms with E-state index in [0.717, 1.165) is 17.0 Å². The van der Waals surface area contributed by atoms with Crippen LogP contribution in [0.4, 0.5) is 19.3 Å². The highest BCUT2D eigenvalue weighted by Crippen LogP contribution is 2.32. The minimum absolute atomic E-state index is 0.0199. The molecule has 0 unspecified atom stereocenters. The first-order valence-corrected chi connectivity index (χ1v) is 10.1. The van der Waals surface area contributed by atoms with E-state index in [2.05, 4.69) is 5.32 Å². The van der Waals surface area contributed by atoms with Gasteiger partial charge in [-0.25, -0.2) is 22.0 Å². The molecule has 0 saturated carbocycles. The minimum Gasteiger partial charge on any atom is -0.442 e. The molecule has 2 amide bonds. The number of carbonyl (C=O) groups is 2. The van der Waals surface area contributed by atoms with E-state index in [-0.39, 0.29) is 48.2 Å². The lowest BCUT2D eigenvalue weighted by atomic mass is 10.0. The molecule has 0 radical (unpaired) electrons. The van der Waals surface area contributed by atoms with Crippen LogP contribution >= 0.6 is 0 Å². The maximum absolute atomic E-state index is 14.6. The van der Waals surface area contributed by atoms with Gasteiger partial charge in [-0.15, -0.1) is 0 Å². The van der Waals surface area contributed by atoms with Crippen LogP contribution in [0.15, 0.2) is 18.2 Å². The van der Waals surface area contributed by atoms with Crippen LogP contribution in [0.5, 0.6) is 0 Å². The third kappa shape index (κ3) is 4.26. The molecule has 1 fully saturated rings. The van der Waals surface area contributed by atoms with Crippen molar-refractivity contribution in [2.45, 2.75) is 19.4 Å². The number of benzene rings is 1. The van der Waals surface area contributed by atoms with E-state index in [1.807, 2.05) is 0 Å². The van der Waals surface area contributed by atoms with E-state index >= 15 is 0 Å². The fourth-order valence-corrected chi connectivity index (χ4v) is 4.15. The van der Waals surface area contributed by atoms with Crippen molar-refractivity contribution in [1.29, 1.82) is 0 Å². The summed E-state index contributed by atoms with van der Waals surface area (Å²) in [6.07, 6.45) is -0.0267. The minimum atomic E-state index is -3.18. The number of allylic oxidation sites excluding steroid dienone is 1. The highest BCUT2D eigenvalue weighted by molar-refractivity contribution is 7.91. The summed E-state index contributed by atoms with van der Waals surface area (Å²) >= 11 is 0. The number of hydrogen-bond acceptors (Lipinski definition) is 5. The molecule has 2 heterocycles. The average Bonchev–Trinajstić information content (AvgIpc) is 2.96. The van der Waals surface area contributed by atoms with Gasteiger partial charge in [-0.3, -0.25) is 9.69 Å². The molecule has 10 heteroatoms. The van der Waals surface area contributed by atoms with Crippen LogP contribution < -0.4 is 10.2 Å². The largest absolute Gasteiger partial charge is 0.442 e. The molecule has 1 aromatic rings. The van der Waals surface area contributed by atoms with Gasteiger partial charge in [-0.05, 0) is 18.1 Å². The molecule has 1 aromatic carbocycles. The van der Waals surface area contributed by atoms with Gasteiger partial charge in [0.15, 0.2) is 9.84 Å². The standard InChI is InChI=1S/C17H18F2N2O5S/c1-10(22)20-8-12-9-21(17(23)26-12)16-7-14(18)13(6-15(16)19)11-2-4-27(24,25)5-3-11/h2,6-7,12H,3-5,8-9H2,1H3,(H,20,22)/t12-/m0/s1. The second-order valence-corrected chi connectivity index (χ2v) is 8.66. The first-order chi connectivity index (χ1) is 12.7. The number of amides is 2. The quantitative estimate of drug-likeness (QED) is 0.829. The number of cyclic esters (lactones) is 1. The Labute approximate surface area is 154 Å². The molecule has 7 nitrogen and oxygen atoms in total. The molecule has 2 aliphatic rings. The van der Waals surface area contributed by atoms with E-state index in [0.29, 0.717) is 5.57 Å². The number of nitrogens with zero attached hydrogens (tertiary/aromatic N) is 1. The fourth-order valence-electron chi connectivity index (χ4n) is 2.99. The Morgan fingerprint density at radius 3 is 2.70 bits per heavy atom. The number of ether oxygens (including phenoxy) is 1. The number of sulfone groups is 1. The summed E-state index contributed by atoms with van der Waals surface area (Å²) in [5.41, 5.74) is 0.129. The van der Waals surface area contributed by atoms with Gasteiger partial charge in [0.25, 0.3) is 0 Å². The van der Waals surface area contributed by atoms with Crippen molar-refractivity contribution in [1.82, 2.24) is 5.32 Å². The normalized spacial score (nSPS) is 21.6. The van der Waals surface area contributed by atoms with Crippen LogP contribution in [-0.2, 0) is 19.4 Å². The van der Waals surface area contributed by atoms with E-state index in [1.54, 1.807) is 0 Å². The SMILES string of the molecule is CC(=O)NC[C@H]1CN(c2cc(F)c(C3=CCS(=O)(=O)CC3)cc2F)C(=O)O1. The Bertz CT molecular complexity index is 929. The summed E-state index contributed by atoms with van der Waals surface area (Å²) in [6.45, 7) is 1.35. The Morgan fingerprint density at radius 1 is 1.33 bits per heavy atom. The first-order valence-electron chi connectivity index (χ1n) is 8.28. The van der Waals surface area contributed by atoms with Crippen LogP contribution in [0.1, 0.15) is 18.9 Å². The van der Waals surface area contributed by atoms with Crippen LogP contribution in [-0.4, -0.2) is 51.1 Å². The number of nitrogens with one attached hydrogen (secondary N) is 1. The number of anilines is 1. The Kier molecular flexibility index (Phi) is 5.18. The fraction of sp³-hybridized carbons (Fsp3) is 0.412. The molecule has 1 atom stereocenters. The molecule has 27 heavy (non-hydrogen) atoms. The lowest BCUT2D eigenvalue weighted by Gasteiger charge is -2.18. The van der Waals surface area contributed by atoms with E-state index in [9.17, 15) is 26.8 Å². The molecule has 0 aliphatic carbocycles. The molecule has 0 spiro atoms. The predicted molar refractivity (Wildman–Crippen MR) is 93.9 cm³/mol. The smallest absolute Gasteiger partial charge is 0.414 e. The van der Waals surface area contributed by atoms with Gasteiger partial charge in [0.1, 0.15) is 17.7 Å². The number of rotatable bonds is 4. The summed E-state index contributed by atoms with van der Waals surface area (Å²) in [7, 11) is -3.18. The average molecular weight is 400 g/mol. The van der Waals surface area contributed by atoms with Crippen LogP contribution in [0.25, 0.3) is 5.57 Å². The first kappa shape index (κ1) is 19.3. The molecule has 146 valence electrons. The summed E-state index contributed by atoms with van der Waals surface area (Å²) < 4.78 is 57.1. The Hall–Kier alpha value is -2.49. The molecule has 1 N–H and O–H groups in total. The molecule has 0 aromatic heterocycles. The van der Waals surface area contributed by atoms with E-state index in [4.69, 9.17) is 4.74 Å². The summed E-state index contributed by atoms with van der Waals surface area (Å²) in [5.74, 6) is -2.21. The number of halogens is 2. The third-order valence-electron chi connectivity index (χ3n) is 4.39. The van der Waals surface area contributed by atoms with Gasteiger partial charge >= 0.3 is 6.09 Å². The van der Waals surface area contributed by atoms with Crippen molar-refractivity contribution < 1.29 is 31.5 Å². The van der Waals surface area contributed by atoms with Crippen molar-refractivity contribution in [3.8, 4) is 0 Å². The predicted octanol–water partition coefficient (Wildman–Crippen LogP) is 1.63. The summed E-state index contributed by atoms with van der Waals surface area (Å²) in [5, 5.41) is 2.50. The van der Waals surface area contributed by atoms with Gasteiger partial charge in [0.05, 0.1) is 30.3 Å². The number of carbonyl (C=O) groups excluding carboxylic acids is 2. The number of hydrogen-bond donors (Lipinski definition) is 1. The van der Waals surface area contributed by atoms with Crippen molar-refractivity contribution in [2.24, 2.45) is 0 Å².